The number of allylic oxidation sites excluding steroid dienone is 4. The molecule has 1 unspecified atom stereocenters. The molecule has 0 nitrogen and oxygen atoms in total. The molecule has 0 saturated carbocycles. The maximum Gasteiger partial charge on any atom is -0.0155 e. The van der Waals surface area contributed by atoms with Crippen molar-refractivity contribution in [3.8, 4) is 0 Å². The Bertz CT molecular complexity index is 421. The molecule has 1 aliphatic carbocycles. The highest BCUT2D eigenvalue weighted by Crippen LogP contribution is 2.31. The summed E-state index contributed by atoms with van der Waals surface area (Å²) in [4.78, 5) is 0. The Labute approximate surface area is 92.3 Å². The maximum atomic E-state index is 2.40. The Balaban J connectivity index is 2.47. The summed E-state index contributed by atoms with van der Waals surface area (Å²) in [7, 11) is 0. The van der Waals surface area contributed by atoms with E-state index in [2.05, 4.69) is 57.2 Å². The van der Waals surface area contributed by atoms with Crippen molar-refractivity contribution in [1.29, 1.82) is 0 Å². The van der Waals surface area contributed by atoms with Gasteiger partial charge in [-0.2, -0.15) is 0 Å². The maximum absolute atomic E-state index is 2.40. The van der Waals surface area contributed by atoms with Crippen LogP contribution >= 0.6 is 0 Å². The smallest absolute Gasteiger partial charge is 0.0155 e. The topological polar surface area (TPSA) is 0 Å². The highest BCUT2D eigenvalue weighted by molar-refractivity contribution is 5.81. The first-order valence-corrected chi connectivity index (χ1v) is 5.63. The molecule has 0 fully saturated rings. The molecule has 0 bridgehead atoms. The summed E-state index contributed by atoms with van der Waals surface area (Å²) in [5.41, 5.74) is 5.60. The van der Waals surface area contributed by atoms with E-state index in [0.717, 1.165) is 0 Å². The lowest BCUT2D eigenvalue weighted by Crippen LogP contribution is -2.00. The summed E-state index contributed by atoms with van der Waals surface area (Å²) < 4.78 is 0. The van der Waals surface area contributed by atoms with Crippen LogP contribution in [0.2, 0.25) is 0 Å². The van der Waals surface area contributed by atoms with E-state index in [-0.39, 0.29) is 0 Å². The minimum absolute atomic E-state index is 0.670. The third-order valence-corrected chi connectivity index (χ3v) is 3.11. The van der Waals surface area contributed by atoms with Crippen molar-refractivity contribution in [3.05, 3.63) is 53.1 Å². The molecule has 0 spiro atoms. The molecule has 1 aromatic rings. The van der Waals surface area contributed by atoms with Gasteiger partial charge in [0.05, 0.1) is 0 Å². The third-order valence-electron chi connectivity index (χ3n) is 3.11. The first-order chi connectivity index (χ1) is 7.18. The molecule has 1 atom stereocenters. The van der Waals surface area contributed by atoms with Crippen molar-refractivity contribution >= 4 is 5.57 Å². The van der Waals surface area contributed by atoms with Gasteiger partial charge < -0.3 is 0 Å². The molecule has 0 heteroatoms. The monoisotopic (exact) mass is 198 g/mol. The molecule has 0 saturated heterocycles. The van der Waals surface area contributed by atoms with E-state index >= 15 is 0 Å². The number of hydrogen-bond acceptors (Lipinski definition) is 0. The lowest BCUT2D eigenvalue weighted by atomic mass is 9.87. The third kappa shape index (κ3) is 2.04. The fourth-order valence-corrected chi connectivity index (χ4v) is 2.13. The molecule has 0 N–H and O–H groups in total. The van der Waals surface area contributed by atoms with Gasteiger partial charge in [-0.25, -0.2) is 0 Å². The van der Waals surface area contributed by atoms with Crippen LogP contribution in [0.25, 0.3) is 5.57 Å². The Hall–Kier alpha value is -1.30. The second-order valence-corrected chi connectivity index (χ2v) is 4.50. The summed E-state index contributed by atoms with van der Waals surface area (Å²) in [6.45, 7) is 6.67. The van der Waals surface area contributed by atoms with Crippen molar-refractivity contribution in [2.45, 2.75) is 27.2 Å². The van der Waals surface area contributed by atoms with Gasteiger partial charge in [0.25, 0.3) is 0 Å². The van der Waals surface area contributed by atoms with E-state index in [9.17, 15) is 0 Å². The van der Waals surface area contributed by atoms with Crippen LogP contribution in [0.1, 0.15) is 31.4 Å². The van der Waals surface area contributed by atoms with Crippen molar-refractivity contribution in [2.75, 3.05) is 0 Å². The van der Waals surface area contributed by atoms with Crippen molar-refractivity contribution in [2.24, 2.45) is 5.92 Å². The van der Waals surface area contributed by atoms with Crippen LogP contribution in [-0.2, 0) is 0 Å². The SMILES string of the molecule is CC1=CCC(C)C=C1c1ccccc1C. The molecule has 2 rings (SSSR count). The van der Waals surface area contributed by atoms with E-state index in [0.29, 0.717) is 5.92 Å². The summed E-state index contributed by atoms with van der Waals surface area (Å²) in [6, 6.07) is 8.62. The molecule has 0 heterocycles. The normalized spacial score (nSPS) is 20.9. The molecule has 1 aliphatic rings. The van der Waals surface area contributed by atoms with Gasteiger partial charge in [0.1, 0.15) is 0 Å². The average Bonchev–Trinajstić information content (AvgIpc) is 2.23. The largest absolute Gasteiger partial charge is 0.0804 e. The van der Waals surface area contributed by atoms with Crippen LogP contribution in [-0.4, -0.2) is 0 Å². The van der Waals surface area contributed by atoms with Gasteiger partial charge >= 0.3 is 0 Å². The van der Waals surface area contributed by atoms with Crippen LogP contribution in [0.15, 0.2) is 42.0 Å². The van der Waals surface area contributed by atoms with Gasteiger partial charge in [0.15, 0.2) is 0 Å². The van der Waals surface area contributed by atoms with E-state index < -0.39 is 0 Å². The fourth-order valence-electron chi connectivity index (χ4n) is 2.13. The summed E-state index contributed by atoms with van der Waals surface area (Å²) in [6.07, 6.45) is 5.94. The Kier molecular flexibility index (Phi) is 2.77. The van der Waals surface area contributed by atoms with Gasteiger partial charge in [0, 0.05) is 0 Å². The van der Waals surface area contributed by atoms with Crippen molar-refractivity contribution in [1.82, 2.24) is 0 Å². The van der Waals surface area contributed by atoms with Gasteiger partial charge in [-0.1, -0.05) is 43.3 Å². The lowest BCUT2D eigenvalue weighted by molar-refractivity contribution is 0.734. The lowest BCUT2D eigenvalue weighted by Gasteiger charge is -2.18. The second-order valence-electron chi connectivity index (χ2n) is 4.50. The first kappa shape index (κ1) is 10.2. The zero-order chi connectivity index (χ0) is 10.8. The number of benzene rings is 1. The van der Waals surface area contributed by atoms with Crippen LogP contribution in [0.4, 0.5) is 0 Å². The van der Waals surface area contributed by atoms with Crippen LogP contribution in [0.3, 0.4) is 0 Å². The van der Waals surface area contributed by atoms with Crippen LogP contribution in [0, 0.1) is 12.8 Å². The van der Waals surface area contributed by atoms with Crippen LogP contribution in [0.5, 0.6) is 0 Å². The number of hydrogen-bond donors (Lipinski definition) is 0. The molecule has 0 amide bonds. The molecule has 0 radical (unpaired) electrons. The Morgan fingerprint density at radius 3 is 2.60 bits per heavy atom. The van der Waals surface area contributed by atoms with Crippen molar-refractivity contribution < 1.29 is 0 Å². The zero-order valence-corrected chi connectivity index (χ0v) is 9.75. The molecular formula is C15H18. The molecular weight excluding hydrogens is 180 g/mol. The molecule has 15 heavy (non-hydrogen) atoms. The Morgan fingerprint density at radius 2 is 1.87 bits per heavy atom. The Morgan fingerprint density at radius 1 is 1.13 bits per heavy atom. The summed E-state index contributed by atoms with van der Waals surface area (Å²) in [5.74, 6) is 0.670. The zero-order valence-electron chi connectivity index (χ0n) is 9.75. The minimum atomic E-state index is 0.670. The predicted molar refractivity (Wildman–Crippen MR) is 66.7 cm³/mol. The fraction of sp³-hybridized carbons (Fsp3) is 0.333. The van der Waals surface area contributed by atoms with Crippen molar-refractivity contribution in [3.63, 3.8) is 0 Å². The first-order valence-electron chi connectivity index (χ1n) is 5.63. The van der Waals surface area contributed by atoms with Crippen LogP contribution < -0.4 is 0 Å². The number of rotatable bonds is 1. The van der Waals surface area contributed by atoms with Gasteiger partial charge in [-0.05, 0) is 48.5 Å². The second kappa shape index (κ2) is 4.06. The summed E-state index contributed by atoms with van der Waals surface area (Å²) >= 11 is 0. The molecule has 0 aromatic heterocycles. The molecule has 1 aromatic carbocycles. The highest BCUT2D eigenvalue weighted by atomic mass is 14.2. The standard InChI is InChI=1S/C15H18/c1-11-8-9-13(3)15(10-11)14-7-5-4-6-12(14)2/h4-7,9-11H,8H2,1-3H3. The number of aryl methyl sites for hydroxylation is 1. The van der Waals surface area contributed by atoms with Gasteiger partial charge in [-0.3, -0.25) is 0 Å². The predicted octanol–water partition coefficient (Wildman–Crippen LogP) is 4.36. The highest BCUT2D eigenvalue weighted by Gasteiger charge is 2.12. The molecule has 78 valence electrons. The van der Waals surface area contributed by atoms with E-state index in [1.807, 2.05) is 0 Å². The van der Waals surface area contributed by atoms with E-state index in [4.69, 9.17) is 0 Å². The average molecular weight is 198 g/mol. The summed E-state index contributed by atoms with van der Waals surface area (Å²) in [5, 5.41) is 0. The van der Waals surface area contributed by atoms with E-state index in [1.54, 1.807) is 0 Å². The minimum Gasteiger partial charge on any atom is -0.0804 e. The molecule has 0 aliphatic heterocycles. The quantitative estimate of drug-likeness (QED) is 0.628. The van der Waals surface area contributed by atoms with E-state index in [1.165, 1.54) is 28.7 Å². The van der Waals surface area contributed by atoms with Gasteiger partial charge in [0.2, 0.25) is 0 Å². The van der Waals surface area contributed by atoms with Gasteiger partial charge in [-0.15, -0.1) is 0 Å².